The summed E-state index contributed by atoms with van der Waals surface area (Å²) in [5.41, 5.74) is 9.23. The Balaban J connectivity index is 2.79. The minimum atomic E-state index is 0.00363. The second kappa shape index (κ2) is 9.44. The molecule has 186 valence electrons. The van der Waals surface area contributed by atoms with E-state index in [4.69, 9.17) is 9.98 Å². The molecule has 2 aromatic carbocycles. The predicted octanol–water partition coefficient (Wildman–Crippen LogP) is 9.76. The van der Waals surface area contributed by atoms with Crippen molar-refractivity contribution in [2.75, 3.05) is 0 Å². The van der Waals surface area contributed by atoms with Gasteiger partial charge in [0.2, 0.25) is 0 Å². The fourth-order valence-electron chi connectivity index (χ4n) is 4.25. The molecule has 0 atom stereocenters. The van der Waals surface area contributed by atoms with Crippen molar-refractivity contribution in [2.45, 2.75) is 119 Å². The Morgan fingerprint density at radius 1 is 0.441 bits per heavy atom. The summed E-state index contributed by atoms with van der Waals surface area (Å²) in [7, 11) is 0. The zero-order chi connectivity index (χ0) is 26.3. The lowest BCUT2D eigenvalue weighted by molar-refractivity contribution is 0.570. The van der Waals surface area contributed by atoms with E-state index in [-0.39, 0.29) is 21.7 Å². The molecule has 0 aliphatic carbocycles. The second-order valence-electron chi connectivity index (χ2n) is 13.8. The number of benzene rings is 2. The van der Waals surface area contributed by atoms with Gasteiger partial charge in [0.1, 0.15) is 0 Å². The van der Waals surface area contributed by atoms with E-state index in [0.29, 0.717) is 0 Å². The van der Waals surface area contributed by atoms with Crippen molar-refractivity contribution >= 4 is 22.8 Å². The first-order chi connectivity index (χ1) is 15.2. The molecule has 0 aromatic heterocycles. The van der Waals surface area contributed by atoms with E-state index in [1.165, 1.54) is 22.3 Å². The highest BCUT2D eigenvalue weighted by atomic mass is 14.8. The summed E-state index contributed by atoms with van der Waals surface area (Å²) < 4.78 is 0. The monoisotopic (exact) mass is 460 g/mol. The molecule has 0 aliphatic heterocycles. The molecule has 0 radical (unpaired) electrons. The normalized spacial score (nSPS) is 14.5. The number of hydrogen-bond donors (Lipinski definition) is 0. The Hall–Kier alpha value is -2.22. The number of hydrogen-bond acceptors (Lipinski definition) is 2. The van der Waals surface area contributed by atoms with E-state index in [1.807, 2.05) is 0 Å². The van der Waals surface area contributed by atoms with Crippen molar-refractivity contribution in [1.29, 1.82) is 0 Å². The SMILES string of the molecule is CC(=N\c1c(C(C)(C)C)cccc1C(C)(C)C)/C(C)=N/c1c(C(C)(C)C)cccc1C(C)(C)C. The summed E-state index contributed by atoms with van der Waals surface area (Å²) >= 11 is 0. The van der Waals surface area contributed by atoms with Crippen LogP contribution in [0.5, 0.6) is 0 Å². The average molecular weight is 461 g/mol. The number of nitrogens with zero attached hydrogens (tertiary/aromatic N) is 2. The van der Waals surface area contributed by atoms with Crippen molar-refractivity contribution in [3.05, 3.63) is 58.7 Å². The van der Waals surface area contributed by atoms with Gasteiger partial charge in [-0.15, -0.1) is 0 Å². The van der Waals surface area contributed by atoms with Crippen molar-refractivity contribution in [1.82, 2.24) is 0 Å². The summed E-state index contributed by atoms with van der Waals surface area (Å²) in [6.45, 7) is 31.4. The molecule has 0 heterocycles. The van der Waals surface area contributed by atoms with Crippen LogP contribution in [0.3, 0.4) is 0 Å². The third kappa shape index (κ3) is 6.46. The standard InChI is InChI=1S/C32H48N2/c1-21(33-27-23(29(3,4)5)17-15-18-24(27)30(6,7)8)22(2)34-28-25(31(9,10)11)19-16-20-26(28)32(12,13)14/h15-20H,1-14H3/b33-21+,34-22+. The molecular weight excluding hydrogens is 412 g/mol. The van der Waals surface area contributed by atoms with Gasteiger partial charge >= 0.3 is 0 Å². The van der Waals surface area contributed by atoms with Crippen LogP contribution in [0.1, 0.15) is 119 Å². The predicted molar refractivity (Wildman–Crippen MR) is 153 cm³/mol. The van der Waals surface area contributed by atoms with Crippen molar-refractivity contribution in [2.24, 2.45) is 9.98 Å². The Kier molecular flexibility index (Phi) is 7.78. The van der Waals surface area contributed by atoms with Gasteiger partial charge in [0.05, 0.1) is 22.8 Å². The van der Waals surface area contributed by atoms with Crippen LogP contribution in [-0.2, 0) is 21.7 Å². The first-order valence-electron chi connectivity index (χ1n) is 12.6. The fourth-order valence-corrected chi connectivity index (χ4v) is 4.25. The summed E-state index contributed by atoms with van der Waals surface area (Å²) in [6, 6.07) is 13.2. The molecule has 34 heavy (non-hydrogen) atoms. The van der Waals surface area contributed by atoms with E-state index in [9.17, 15) is 0 Å². The van der Waals surface area contributed by atoms with Crippen molar-refractivity contribution < 1.29 is 0 Å². The molecule has 2 heteroatoms. The Morgan fingerprint density at radius 2 is 0.647 bits per heavy atom. The van der Waals surface area contributed by atoms with Gasteiger partial charge in [-0.25, -0.2) is 0 Å². The summed E-state index contributed by atoms with van der Waals surface area (Å²) in [5, 5.41) is 0. The Morgan fingerprint density at radius 3 is 0.824 bits per heavy atom. The molecule has 0 saturated carbocycles. The molecule has 0 fully saturated rings. The van der Waals surface area contributed by atoms with Gasteiger partial charge < -0.3 is 0 Å². The van der Waals surface area contributed by atoms with E-state index in [2.05, 4.69) is 133 Å². The molecule has 0 spiro atoms. The van der Waals surface area contributed by atoms with Gasteiger partial charge in [-0.1, -0.05) is 119 Å². The van der Waals surface area contributed by atoms with Crippen molar-refractivity contribution in [3.63, 3.8) is 0 Å². The van der Waals surface area contributed by atoms with E-state index >= 15 is 0 Å². The van der Waals surface area contributed by atoms with Gasteiger partial charge in [0, 0.05) is 0 Å². The van der Waals surface area contributed by atoms with Crippen LogP contribution < -0.4 is 0 Å². The highest BCUT2D eigenvalue weighted by molar-refractivity contribution is 6.41. The molecule has 0 amide bonds. The summed E-state index contributed by atoms with van der Waals surface area (Å²) in [5.74, 6) is 0. The maximum absolute atomic E-state index is 5.26. The number of para-hydroxylation sites is 2. The van der Waals surface area contributed by atoms with Gasteiger partial charge in [-0.2, -0.15) is 0 Å². The van der Waals surface area contributed by atoms with Crippen LogP contribution >= 0.6 is 0 Å². The molecule has 0 saturated heterocycles. The van der Waals surface area contributed by atoms with Gasteiger partial charge in [-0.3, -0.25) is 9.98 Å². The number of aliphatic imine (C=N–C) groups is 2. The lowest BCUT2D eigenvalue weighted by Crippen LogP contribution is -2.19. The topological polar surface area (TPSA) is 24.7 Å². The van der Waals surface area contributed by atoms with E-state index < -0.39 is 0 Å². The van der Waals surface area contributed by atoms with E-state index in [1.54, 1.807) is 0 Å². The molecule has 2 aromatic rings. The van der Waals surface area contributed by atoms with Crippen LogP contribution in [0.15, 0.2) is 46.4 Å². The molecule has 0 aliphatic rings. The lowest BCUT2D eigenvalue weighted by Gasteiger charge is -2.29. The molecule has 0 unspecified atom stereocenters. The summed E-state index contributed by atoms with van der Waals surface area (Å²) in [4.78, 5) is 10.5. The van der Waals surface area contributed by atoms with Crippen LogP contribution in [-0.4, -0.2) is 11.4 Å². The third-order valence-electron chi connectivity index (χ3n) is 6.39. The third-order valence-corrected chi connectivity index (χ3v) is 6.39. The van der Waals surface area contributed by atoms with Crippen LogP contribution in [0.4, 0.5) is 11.4 Å². The highest BCUT2D eigenvalue weighted by Gasteiger charge is 2.27. The fraction of sp³-hybridized carbons (Fsp3) is 0.562. The minimum Gasteiger partial charge on any atom is -0.251 e. The Bertz CT molecular complexity index is 932. The highest BCUT2D eigenvalue weighted by Crippen LogP contribution is 2.41. The molecular formula is C32H48N2. The molecule has 0 bridgehead atoms. The van der Waals surface area contributed by atoms with E-state index in [0.717, 1.165) is 22.8 Å². The Labute approximate surface area is 210 Å². The minimum absolute atomic E-state index is 0.00363. The zero-order valence-corrected chi connectivity index (χ0v) is 24.4. The van der Waals surface area contributed by atoms with Crippen LogP contribution in [0.25, 0.3) is 0 Å². The second-order valence-corrected chi connectivity index (χ2v) is 13.8. The van der Waals surface area contributed by atoms with Gasteiger partial charge in [0.15, 0.2) is 0 Å². The zero-order valence-electron chi connectivity index (χ0n) is 24.4. The quantitative estimate of drug-likeness (QED) is 0.407. The molecule has 2 nitrogen and oxygen atoms in total. The summed E-state index contributed by atoms with van der Waals surface area (Å²) in [6.07, 6.45) is 0. The van der Waals surface area contributed by atoms with Crippen LogP contribution in [0.2, 0.25) is 0 Å². The maximum atomic E-state index is 5.26. The number of rotatable bonds is 3. The first-order valence-corrected chi connectivity index (χ1v) is 12.6. The largest absolute Gasteiger partial charge is 0.251 e. The molecule has 2 rings (SSSR count). The maximum Gasteiger partial charge on any atom is 0.0708 e. The lowest BCUT2D eigenvalue weighted by atomic mass is 9.78. The van der Waals surface area contributed by atoms with Crippen molar-refractivity contribution in [3.8, 4) is 0 Å². The van der Waals surface area contributed by atoms with Crippen LogP contribution in [0, 0.1) is 0 Å². The van der Waals surface area contributed by atoms with Gasteiger partial charge in [0.25, 0.3) is 0 Å². The average Bonchev–Trinajstić information content (AvgIpc) is 2.64. The first kappa shape index (κ1) is 28.0. The van der Waals surface area contributed by atoms with Gasteiger partial charge in [-0.05, 0) is 57.8 Å². The smallest absolute Gasteiger partial charge is 0.0708 e. The molecule has 0 N–H and O–H groups in total.